The van der Waals surface area contributed by atoms with Crippen molar-refractivity contribution in [1.29, 1.82) is 0 Å². The van der Waals surface area contributed by atoms with Gasteiger partial charge in [0.05, 0.1) is 6.61 Å². The van der Waals surface area contributed by atoms with Crippen LogP contribution in [0.2, 0.25) is 0 Å². The Morgan fingerprint density at radius 2 is 1.94 bits per heavy atom. The lowest BCUT2D eigenvalue weighted by Crippen LogP contribution is -2.37. The van der Waals surface area contributed by atoms with Crippen molar-refractivity contribution in [3.05, 3.63) is 35.9 Å². The molecule has 0 bridgehead atoms. The van der Waals surface area contributed by atoms with Gasteiger partial charge in [0.15, 0.2) is 0 Å². The van der Waals surface area contributed by atoms with Crippen molar-refractivity contribution in [2.45, 2.75) is 39.3 Å². The minimum absolute atomic E-state index is 0.208. The van der Waals surface area contributed by atoms with Gasteiger partial charge >= 0.3 is 0 Å². The Morgan fingerprint density at radius 3 is 2.50 bits per heavy atom. The maximum atomic E-state index is 9.34. The van der Waals surface area contributed by atoms with Gasteiger partial charge in [-0.15, -0.1) is 0 Å². The average Bonchev–Trinajstić information content (AvgIpc) is 2.31. The quantitative estimate of drug-likeness (QED) is 0.741. The molecule has 0 heterocycles. The third-order valence-corrected chi connectivity index (χ3v) is 3.04. The van der Waals surface area contributed by atoms with E-state index in [1.54, 1.807) is 0 Å². The van der Waals surface area contributed by atoms with E-state index in [0.717, 1.165) is 13.0 Å². The first-order valence-electron chi connectivity index (χ1n) is 6.16. The molecule has 2 heteroatoms. The summed E-state index contributed by atoms with van der Waals surface area (Å²) >= 11 is 0. The summed E-state index contributed by atoms with van der Waals surface area (Å²) in [4.78, 5) is 0. The highest BCUT2D eigenvalue weighted by atomic mass is 16.3. The van der Waals surface area contributed by atoms with Crippen molar-refractivity contribution in [3.8, 4) is 0 Å². The molecule has 2 nitrogen and oxygen atoms in total. The van der Waals surface area contributed by atoms with Crippen molar-refractivity contribution in [1.82, 2.24) is 5.32 Å². The topological polar surface area (TPSA) is 32.3 Å². The summed E-state index contributed by atoms with van der Waals surface area (Å²) in [5.74, 6) is 0.527. The van der Waals surface area contributed by atoms with Gasteiger partial charge in [-0.05, 0) is 17.9 Å². The zero-order chi connectivity index (χ0) is 11.8. The summed E-state index contributed by atoms with van der Waals surface area (Å²) in [6.45, 7) is 5.43. The summed E-state index contributed by atoms with van der Waals surface area (Å²) in [5.41, 5.74) is 1.27. The fourth-order valence-electron chi connectivity index (χ4n) is 1.95. The average molecular weight is 221 g/mol. The maximum Gasteiger partial charge on any atom is 0.0587 e. The SMILES string of the molecule is CCCC(C)C(CO)NCc1ccccc1. The Hall–Kier alpha value is -0.860. The zero-order valence-electron chi connectivity index (χ0n) is 10.3. The minimum Gasteiger partial charge on any atom is -0.395 e. The van der Waals surface area contributed by atoms with Crippen LogP contribution < -0.4 is 5.32 Å². The molecule has 2 atom stereocenters. The van der Waals surface area contributed by atoms with Crippen molar-refractivity contribution in [2.75, 3.05) is 6.61 Å². The summed E-state index contributed by atoms with van der Waals surface area (Å²) < 4.78 is 0. The number of benzene rings is 1. The van der Waals surface area contributed by atoms with E-state index in [4.69, 9.17) is 0 Å². The lowest BCUT2D eigenvalue weighted by atomic mass is 9.97. The molecule has 0 spiro atoms. The molecular formula is C14H23NO. The smallest absolute Gasteiger partial charge is 0.0587 e. The fourth-order valence-corrected chi connectivity index (χ4v) is 1.95. The molecule has 90 valence electrons. The van der Waals surface area contributed by atoms with E-state index < -0.39 is 0 Å². The minimum atomic E-state index is 0.208. The van der Waals surface area contributed by atoms with Crippen molar-refractivity contribution >= 4 is 0 Å². The Morgan fingerprint density at radius 1 is 1.25 bits per heavy atom. The van der Waals surface area contributed by atoms with Crippen molar-refractivity contribution in [3.63, 3.8) is 0 Å². The molecule has 1 aromatic rings. The van der Waals surface area contributed by atoms with E-state index in [9.17, 15) is 5.11 Å². The molecule has 1 rings (SSSR count). The van der Waals surface area contributed by atoms with Gasteiger partial charge in [0, 0.05) is 12.6 Å². The Labute approximate surface area is 98.7 Å². The lowest BCUT2D eigenvalue weighted by molar-refractivity contribution is 0.198. The van der Waals surface area contributed by atoms with Crippen LogP contribution in [0.5, 0.6) is 0 Å². The van der Waals surface area contributed by atoms with E-state index >= 15 is 0 Å². The van der Waals surface area contributed by atoms with Crippen molar-refractivity contribution in [2.24, 2.45) is 5.92 Å². The van der Waals surface area contributed by atoms with Gasteiger partial charge in [0.2, 0.25) is 0 Å². The second-order valence-corrected chi connectivity index (χ2v) is 4.42. The van der Waals surface area contributed by atoms with E-state index in [1.807, 2.05) is 18.2 Å². The first kappa shape index (κ1) is 13.2. The molecule has 0 aliphatic carbocycles. The van der Waals surface area contributed by atoms with Crippen LogP contribution in [0, 0.1) is 5.92 Å². The van der Waals surface area contributed by atoms with Gasteiger partial charge in [0.25, 0.3) is 0 Å². The third-order valence-electron chi connectivity index (χ3n) is 3.04. The molecule has 0 aromatic heterocycles. The molecule has 0 aliphatic rings. The van der Waals surface area contributed by atoms with Crippen LogP contribution in [0.1, 0.15) is 32.3 Å². The van der Waals surface area contributed by atoms with Crippen LogP contribution >= 0.6 is 0 Å². The van der Waals surface area contributed by atoms with Crippen LogP contribution in [0.4, 0.5) is 0 Å². The number of aliphatic hydroxyl groups is 1. The van der Waals surface area contributed by atoms with Crippen LogP contribution in [-0.2, 0) is 6.54 Å². The largest absolute Gasteiger partial charge is 0.395 e. The number of nitrogens with one attached hydrogen (secondary N) is 1. The Balaban J connectivity index is 2.39. The maximum absolute atomic E-state index is 9.34. The van der Waals surface area contributed by atoms with Gasteiger partial charge in [-0.2, -0.15) is 0 Å². The lowest BCUT2D eigenvalue weighted by Gasteiger charge is -2.23. The fraction of sp³-hybridized carbons (Fsp3) is 0.571. The van der Waals surface area contributed by atoms with Crippen LogP contribution in [-0.4, -0.2) is 17.8 Å². The highest BCUT2D eigenvalue weighted by Crippen LogP contribution is 2.11. The second-order valence-electron chi connectivity index (χ2n) is 4.42. The van der Waals surface area contributed by atoms with Crippen LogP contribution in [0.25, 0.3) is 0 Å². The standard InChI is InChI=1S/C14H23NO/c1-3-7-12(2)14(11-16)15-10-13-8-5-4-6-9-13/h4-6,8-9,12,14-16H,3,7,10-11H2,1-2H3. The monoisotopic (exact) mass is 221 g/mol. The van der Waals surface area contributed by atoms with E-state index in [0.29, 0.717) is 5.92 Å². The van der Waals surface area contributed by atoms with Gasteiger partial charge in [-0.1, -0.05) is 50.6 Å². The normalized spacial score (nSPS) is 14.7. The summed E-state index contributed by atoms with van der Waals surface area (Å²) in [6.07, 6.45) is 2.33. The molecule has 2 N–H and O–H groups in total. The van der Waals surface area contributed by atoms with Crippen molar-refractivity contribution < 1.29 is 5.11 Å². The third kappa shape index (κ3) is 4.33. The molecule has 0 aliphatic heterocycles. The van der Waals surface area contributed by atoms with Crippen LogP contribution in [0.15, 0.2) is 30.3 Å². The number of rotatable bonds is 7. The van der Waals surface area contributed by atoms with Crippen LogP contribution in [0.3, 0.4) is 0 Å². The molecule has 16 heavy (non-hydrogen) atoms. The molecule has 0 radical (unpaired) electrons. The van der Waals surface area contributed by atoms with Gasteiger partial charge in [-0.25, -0.2) is 0 Å². The van der Waals surface area contributed by atoms with E-state index in [1.165, 1.54) is 12.0 Å². The second kappa shape index (κ2) is 7.42. The molecule has 0 amide bonds. The van der Waals surface area contributed by atoms with E-state index in [2.05, 4.69) is 31.3 Å². The summed E-state index contributed by atoms with van der Waals surface area (Å²) in [6, 6.07) is 10.5. The zero-order valence-corrected chi connectivity index (χ0v) is 10.3. The van der Waals surface area contributed by atoms with Gasteiger partial charge in [-0.3, -0.25) is 0 Å². The number of hydrogen-bond donors (Lipinski definition) is 2. The first-order chi connectivity index (χ1) is 7.77. The predicted molar refractivity (Wildman–Crippen MR) is 68.2 cm³/mol. The highest BCUT2D eigenvalue weighted by molar-refractivity contribution is 5.14. The summed E-state index contributed by atoms with van der Waals surface area (Å²) in [5, 5.41) is 12.8. The molecule has 0 saturated heterocycles. The first-order valence-corrected chi connectivity index (χ1v) is 6.16. The summed E-state index contributed by atoms with van der Waals surface area (Å²) in [7, 11) is 0. The molecule has 1 aromatic carbocycles. The molecular weight excluding hydrogens is 198 g/mol. The molecule has 2 unspecified atom stereocenters. The number of hydrogen-bond acceptors (Lipinski definition) is 2. The van der Waals surface area contributed by atoms with E-state index in [-0.39, 0.29) is 12.6 Å². The Bertz CT molecular complexity index is 273. The van der Waals surface area contributed by atoms with Gasteiger partial charge < -0.3 is 10.4 Å². The molecule has 0 saturated carbocycles. The van der Waals surface area contributed by atoms with Gasteiger partial charge in [0.1, 0.15) is 0 Å². The Kier molecular flexibility index (Phi) is 6.12. The highest BCUT2D eigenvalue weighted by Gasteiger charge is 2.14. The predicted octanol–water partition coefficient (Wildman–Crippen LogP) is 2.57. The molecule has 0 fully saturated rings. The number of aliphatic hydroxyl groups excluding tert-OH is 1.